The van der Waals surface area contributed by atoms with E-state index in [9.17, 15) is 14.4 Å². The highest BCUT2D eigenvalue weighted by atomic mass is 16.4. The Bertz CT molecular complexity index is 499. The van der Waals surface area contributed by atoms with Crippen LogP contribution in [0.1, 0.15) is 45.4 Å². The Labute approximate surface area is 136 Å². The number of carboxylic acids is 1. The summed E-state index contributed by atoms with van der Waals surface area (Å²) >= 11 is 0. The maximum Gasteiger partial charge on any atom is 0.308 e. The van der Waals surface area contributed by atoms with Crippen LogP contribution in [-0.4, -0.2) is 58.4 Å². The van der Waals surface area contributed by atoms with Crippen LogP contribution in [0.2, 0.25) is 0 Å². The van der Waals surface area contributed by atoms with Crippen molar-refractivity contribution in [3.05, 3.63) is 0 Å². The topological polar surface area (TPSA) is 77.9 Å². The van der Waals surface area contributed by atoms with Gasteiger partial charge in [-0.1, -0.05) is 6.92 Å². The molecule has 1 aliphatic carbocycles. The van der Waals surface area contributed by atoms with Crippen LogP contribution in [0.25, 0.3) is 0 Å². The smallest absolute Gasteiger partial charge is 0.308 e. The first-order valence-corrected chi connectivity index (χ1v) is 8.76. The van der Waals surface area contributed by atoms with Gasteiger partial charge in [-0.3, -0.25) is 14.4 Å². The quantitative estimate of drug-likeness (QED) is 0.851. The zero-order chi connectivity index (χ0) is 16.6. The molecule has 128 valence electrons. The Morgan fingerprint density at radius 3 is 2.35 bits per heavy atom. The Morgan fingerprint density at radius 2 is 1.74 bits per heavy atom. The fourth-order valence-electron chi connectivity index (χ4n) is 4.22. The van der Waals surface area contributed by atoms with Crippen molar-refractivity contribution >= 4 is 17.8 Å². The summed E-state index contributed by atoms with van der Waals surface area (Å²) in [5, 5.41) is 9.05. The highest BCUT2D eigenvalue weighted by Gasteiger charge is 2.42. The Kier molecular flexibility index (Phi) is 4.60. The molecule has 2 heterocycles. The number of carbonyl (C=O) groups excluding carboxylic acids is 2. The van der Waals surface area contributed by atoms with E-state index in [0.717, 1.165) is 31.6 Å². The summed E-state index contributed by atoms with van der Waals surface area (Å²) in [4.78, 5) is 39.5. The molecule has 3 fully saturated rings. The van der Waals surface area contributed by atoms with E-state index in [1.165, 1.54) is 0 Å². The summed E-state index contributed by atoms with van der Waals surface area (Å²) in [7, 11) is 0. The van der Waals surface area contributed by atoms with Crippen molar-refractivity contribution in [3.8, 4) is 0 Å². The van der Waals surface area contributed by atoms with Crippen LogP contribution in [0.5, 0.6) is 0 Å². The summed E-state index contributed by atoms with van der Waals surface area (Å²) < 4.78 is 0. The molecule has 3 aliphatic rings. The van der Waals surface area contributed by atoms with E-state index in [2.05, 4.69) is 6.92 Å². The van der Waals surface area contributed by atoms with Gasteiger partial charge in [-0.05, 0) is 38.0 Å². The fraction of sp³-hybridized carbons (Fsp3) is 0.824. The molecule has 2 atom stereocenters. The van der Waals surface area contributed by atoms with Crippen LogP contribution in [0.4, 0.5) is 0 Å². The molecule has 1 N–H and O–H groups in total. The van der Waals surface area contributed by atoms with Crippen LogP contribution in [0, 0.1) is 17.8 Å². The lowest BCUT2D eigenvalue weighted by Crippen LogP contribution is -2.40. The maximum absolute atomic E-state index is 12.6. The molecule has 2 saturated heterocycles. The third-order valence-electron chi connectivity index (χ3n) is 5.78. The van der Waals surface area contributed by atoms with Gasteiger partial charge in [-0.25, -0.2) is 0 Å². The van der Waals surface area contributed by atoms with Gasteiger partial charge >= 0.3 is 5.97 Å². The highest BCUT2D eigenvalue weighted by Crippen LogP contribution is 2.32. The molecule has 1 saturated carbocycles. The van der Waals surface area contributed by atoms with Crippen LogP contribution < -0.4 is 0 Å². The summed E-state index contributed by atoms with van der Waals surface area (Å²) in [6.07, 6.45) is 5.20. The van der Waals surface area contributed by atoms with E-state index >= 15 is 0 Å². The van der Waals surface area contributed by atoms with Crippen LogP contribution in [-0.2, 0) is 14.4 Å². The molecule has 0 spiro atoms. The Hall–Kier alpha value is -1.59. The van der Waals surface area contributed by atoms with E-state index in [4.69, 9.17) is 5.11 Å². The van der Waals surface area contributed by atoms with Crippen LogP contribution in [0.15, 0.2) is 0 Å². The first-order chi connectivity index (χ1) is 11.0. The van der Waals surface area contributed by atoms with E-state index in [0.29, 0.717) is 38.5 Å². The average molecular weight is 322 g/mol. The summed E-state index contributed by atoms with van der Waals surface area (Å²) in [6.45, 7) is 3.56. The van der Waals surface area contributed by atoms with Gasteiger partial charge in [-0.2, -0.15) is 0 Å². The van der Waals surface area contributed by atoms with Gasteiger partial charge in [0.25, 0.3) is 0 Å². The third-order valence-corrected chi connectivity index (χ3v) is 5.78. The van der Waals surface area contributed by atoms with E-state index in [-0.39, 0.29) is 17.7 Å². The van der Waals surface area contributed by atoms with Gasteiger partial charge in [0.15, 0.2) is 0 Å². The molecule has 0 unspecified atom stereocenters. The van der Waals surface area contributed by atoms with Crippen molar-refractivity contribution in [1.82, 2.24) is 9.80 Å². The second-order valence-corrected chi connectivity index (χ2v) is 7.47. The molecule has 0 aromatic heterocycles. The molecule has 2 aliphatic heterocycles. The van der Waals surface area contributed by atoms with Crippen molar-refractivity contribution in [2.24, 2.45) is 17.8 Å². The first-order valence-electron chi connectivity index (χ1n) is 8.76. The van der Waals surface area contributed by atoms with Crippen molar-refractivity contribution in [2.75, 3.05) is 19.6 Å². The summed E-state index contributed by atoms with van der Waals surface area (Å²) in [5.41, 5.74) is 0. The van der Waals surface area contributed by atoms with E-state index < -0.39 is 11.9 Å². The molecular formula is C17H26N2O4. The number of hydrogen-bond acceptors (Lipinski definition) is 3. The second kappa shape index (κ2) is 6.49. The van der Waals surface area contributed by atoms with Crippen molar-refractivity contribution < 1.29 is 19.5 Å². The number of rotatable bonds is 3. The number of nitrogens with zero attached hydrogens (tertiary/aromatic N) is 2. The van der Waals surface area contributed by atoms with E-state index in [1.807, 2.05) is 4.90 Å². The number of hydrogen-bond donors (Lipinski definition) is 1. The van der Waals surface area contributed by atoms with Gasteiger partial charge in [0, 0.05) is 32.1 Å². The zero-order valence-electron chi connectivity index (χ0n) is 13.7. The number of carbonyl (C=O) groups is 3. The Morgan fingerprint density at radius 1 is 1.04 bits per heavy atom. The molecule has 0 aromatic rings. The molecule has 6 heteroatoms. The molecule has 2 amide bonds. The SMILES string of the molecule is CC1CCC(N2C[C@H](C(=O)N3CC[C@H](C(=O)O)C3)CC2=O)CC1. The Balaban J connectivity index is 1.57. The minimum absolute atomic E-state index is 0.0335. The average Bonchev–Trinajstić information content (AvgIpc) is 3.14. The lowest BCUT2D eigenvalue weighted by Gasteiger charge is -2.33. The molecule has 3 rings (SSSR count). The van der Waals surface area contributed by atoms with Crippen molar-refractivity contribution in [1.29, 1.82) is 0 Å². The normalized spacial score (nSPS) is 34.9. The van der Waals surface area contributed by atoms with Crippen LogP contribution >= 0.6 is 0 Å². The van der Waals surface area contributed by atoms with Crippen LogP contribution in [0.3, 0.4) is 0 Å². The maximum atomic E-state index is 12.6. The monoisotopic (exact) mass is 322 g/mol. The van der Waals surface area contributed by atoms with Gasteiger partial charge < -0.3 is 14.9 Å². The molecule has 6 nitrogen and oxygen atoms in total. The van der Waals surface area contributed by atoms with Crippen molar-refractivity contribution in [3.63, 3.8) is 0 Å². The zero-order valence-corrected chi connectivity index (χ0v) is 13.7. The van der Waals surface area contributed by atoms with Gasteiger partial charge in [0.1, 0.15) is 0 Å². The molecule has 23 heavy (non-hydrogen) atoms. The van der Waals surface area contributed by atoms with Crippen molar-refractivity contribution in [2.45, 2.75) is 51.5 Å². The molecule has 0 aromatic carbocycles. The fourth-order valence-corrected chi connectivity index (χ4v) is 4.22. The number of aliphatic carboxylic acids is 1. The summed E-state index contributed by atoms with van der Waals surface area (Å²) in [5.74, 6) is -0.772. The number of carboxylic acid groups (broad SMARTS) is 1. The molecular weight excluding hydrogens is 296 g/mol. The highest BCUT2D eigenvalue weighted by molar-refractivity contribution is 5.90. The summed E-state index contributed by atoms with van der Waals surface area (Å²) in [6, 6.07) is 0.293. The first kappa shape index (κ1) is 16.3. The second-order valence-electron chi connectivity index (χ2n) is 7.47. The van der Waals surface area contributed by atoms with Gasteiger partial charge in [0.05, 0.1) is 11.8 Å². The van der Waals surface area contributed by atoms with Gasteiger partial charge in [0.2, 0.25) is 11.8 Å². The predicted octanol–water partition coefficient (Wildman–Crippen LogP) is 1.35. The number of likely N-dealkylation sites (tertiary alicyclic amines) is 2. The molecule has 0 radical (unpaired) electrons. The lowest BCUT2D eigenvalue weighted by atomic mass is 9.86. The van der Waals surface area contributed by atoms with Gasteiger partial charge in [-0.15, -0.1) is 0 Å². The minimum Gasteiger partial charge on any atom is -0.481 e. The minimum atomic E-state index is -0.833. The predicted molar refractivity (Wildman–Crippen MR) is 83.6 cm³/mol. The largest absolute Gasteiger partial charge is 0.481 e. The van der Waals surface area contributed by atoms with E-state index in [1.54, 1.807) is 4.90 Å². The standard InChI is InChI=1S/C17H26N2O4/c1-11-2-4-14(5-3-11)19-10-13(8-15(19)20)16(21)18-7-6-12(9-18)17(22)23/h11-14H,2-10H2,1H3,(H,22,23)/t11?,12-,13+,14?/m0/s1. The lowest BCUT2D eigenvalue weighted by molar-refractivity contribution is -0.141. The third kappa shape index (κ3) is 3.35. The number of amides is 2. The molecule has 0 bridgehead atoms.